The molecule has 0 atom stereocenters. The standard InChI is InChI=1S/C5H13N3/c1-4-5-6-7-8(2)3/h5,7H,4H2,1-3H3/b6-5+. The molecule has 48 valence electrons. The van der Waals surface area contributed by atoms with Crippen LogP contribution in [0.4, 0.5) is 0 Å². The molecule has 0 aromatic rings. The lowest BCUT2D eigenvalue weighted by molar-refractivity contribution is 0.299. The van der Waals surface area contributed by atoms with Crippen LogP contribution in [-0.2, 0) is 0 Å². The van der Waals surface area contributed by atoms with E-state index < -0.39 is 0 Å². The summed E-state index contributed by atoms with van der Waals surface area (Å²) in [6, 6.07) is 0. The molecule has 0 aliphatic carbocycles. The van der Waals surface area contributed by atoms with E-state index in [1.165, 1.54) is 0 Å². The normalized spacial score (nSPS) is 11.0. The number of hydrogen-bond acceptors (Lipinski definition) is 3. The molecule has 0 spiro atoms. The molecule has 0 bridgehead atoms. The monoisotopic (exact) mass is 115 g/mol. The summed E-state index contributed by atoms with van der Waals surface area (Å²) in [6.07, 6.45) is 2.79. The second kappa shape index (κ2) is 4.59. The van der Waals surface area contributed by atoms with Crippen LogP contribution in [0.2, 0.25) is 0 Å². The van der Waals surface area contributed by atoms with Gasteiger partial charge in [0.1, 0.15) is 0 Å². The van der Waals surface area contributed by atoms with Gasteiger partial charge in [0.15, 0.2) is 0 Å². The van der Waals surface area contributed by atoms with Crippen LogP contribution in [0.3, 0.4) is 0 Å². The Hall–Kier alpha value is -0.570. The molecule has 3 heteroatoms. The SMILES string of the molecule is CC/C=N/NN(C)C. The highest BCUT2D eigenvalue weighted by atomic mass is 15.6. The average Bonchev–Trinajstić information content (AvgIpc) is 1.66. The molecule has 0 fully saturated rings. The molecule has 8 heavy (non-hydrogen) atoms. The summed E-state index contributed by atoms with van der Waals surface area (Å²) < 4.78 is 0. The van der Waals surface area contributed by atoms with Crippen molar-refractivity contribution in [1.29, 1.82) is 0 Å². The van der Waals surface area contributed by atoms with E-state index in [2.05, 4.69) is 10.6 Å². The van der Waals surface area contributed by atoms with Gasteiger partial charge in [-0.05, 0) is 6.42 Å². The predicted octanol–water partition coefficient (Wildman–Crippen LogP) is 0.448. The molecule has 0 heterocycles. The van der Waals surface area contributed by atoms with Crippen LogP contribution >= 0.6 is 0 Å². The molecule has 3 nitrogen and oxygen atoms in total. The smallest absolute Gasteiger partial charge is 0.0255 e. The summed E-state index contributed by atoms with van der Waals surface area (Å²) in [7, 11) is 3.79. The number of nitrogens with zero attached hydrogens (tertiary/aromatic N) is 2. The number of hydrazone groups is 1. The highest BCUT2D eigenvalue weighted by molar-refractivity contribution is 5.55. The summed E-state index contributed by atoms with van der Waals surface area (Å²) in [4.78, 5) is 0. The van der Waals surface area contributed by atoms with Crippen molar-refractivity contribution in [3.05, 3.63) is 0 Å². The zero-order valence-corrected chi connectivity index (χ0v) is 5.68. The second-order valence-electron chi connectivity index (χ2n) is 1.71. The van der Waals surface area contributed by atoms with Gasteiger partial charge in [-0.2, -0.15) is 5.10 Å². The highest BCUT2D eigenvalue weighted by Gasteiger charge is 1.75. The molecule has 0 rings (SSSR count). The van der Waals surface area contributed by atoms with E-state index in [-0.39, 0.29) is 0 Å². The molecule has 0 saturated carbocycles. The van der Waals surface area contributed by atoms with Crippen molar-refractivity contribution in [2.45, 2.75) is 13.3 Å². The van der Waals surface area contributed by atoms with Gasteiger partial charge in [0.25, 0.3) is 0 Å². The zero-order valence-electron chi connectivity index (χ0n) is 5.68. The maximum absolute atomic E-state index is 3.84. The van der Waals surface area contributed by atoms with E-state index in [0.29, 0.717) is 0 Å². The third-order valence-electron chi connectivity index (χ3n) is 0.532. The summed E-state index contributed by atoms with van der Waals surface area (Å²) in [5.74, 6) is 0. The van der Waals surface area contributed by atoms with Crippen molar-refractivity contribution in [2.75, 3.05) is 14.1 Å². The van der Waals surface area contributed by atoms with Crippen LogP contribution in [0.1, 0.15) is 13.3 Å². The molecule has 0 saturated heterocycles. The third-order valence-corrected chi connectivity index (χ3v) is 0.532. The van der Waals surface area contributed by atoms with Gasteiger partial charge in [-0.3, -0.25) is 0 Å². The van der Waals surface area contributed by atoms with Crippen LogP contribution in [0.15, 0.2) is 5.10 Å². The number of hydrogen-bond donors (Lipinski definition) is 1. The molecule has 0 radical (unpaired) electrons. The fraction of sp³-hybridized carbons (Fsp3) is 0.800. The summed E-state index contributed by atoms with van der Waals surface area (Å²) in [5.41, 5.74) is 2.75. The minimum atomic E-state index is 0.973. The quantitative estimate of drug-likeness (QED) is 0.427. The van der Waals surface area contributed by atoms with E-state index in [1.54, 1.807) is 5.01 Å². The minimum absolute atomic E-state index is 0.973. The van der Waals surface area contributed by atoms with Gasteiger partial charge >= 0.3 is 0 Å². The number of nitrogens with one attached hydrogen (secondary N) is 1. The zero-order chi connectivity index (χ0) is 6.41. The van der Waals surface area contributed by atoms with Crippen molar-refractivity contribution in [2.24, 2.45) is 5.10 Å². The first-order chi connectivity index (χ1) is 3.77. The maximum Gasteiger partial charge on any atom is 0.0255 e. The predicted molar refractivity (Wildman–Crippen MR) is 35.6 cm³/mol. The third kappa shape index (κ3) is 5.43. The molecular weight excluding hydrogens is 102 g/mol. The van der Waals surface area contributed by atoms with Gasteiger partial charge in [0, 0.05) is 20.3 Å². The molecular formula is C5H13N3. The number of hydrazine groups is 1. The largest absolute Gasteiger partial charge is 0.241 e. The van der Waals surface area contributed by atoms with Crippen LogP contribution in [-0.4, -0.2) is 25.3 Å². The Balaban J connectivity index is 3.03. The summed E-state index contributed by atoms with van der Waals surface area (Å²) in [6.45, 7) is 2.04. The Morgan fingerprint density at radius 2 is 2.25 bits per heavy atom. The Bertz CT molecular complexity index is 68.1. The lowest BCUT2D eigenvalue weighted by Gasteiger charge is -2.05. The van der Waals surface area contributed by atoms with Crippen LogP contribution in [0.25, 0.3) is 0 Å². The van der Waals surface area contributed by atoms with Crippen molar-refractivity contribution < 1.29 is 0 Å². The first-order valence-electron chi connectivity index (χ1n) is 2.72. The molecule has 0 unspecified atom stereocenters. The van der Waals surface area contributed by atoms with Crippen LogP contribution < -0.4 is 5.53 Å². The lowest BCUT2D eigenvalue weighted by atomic mass is 10.6. The van der Waals surface area contributed by atoms with Gasteiger partial charge in [0.2, 0.25) is 0 Å². The van der Waals surface area contributed by atoms with Crippen molar-refractivity contribution in [3.8, 4) is 0 Å². The van der Waals surface area contributed by atoms with Crippen molar-refractivity contribution in [1.82, 2.24) is 10.5 Å². The average molecular weight is 115 g/mol. The molecule has 1 N–H and O–H groups in total. The van der Waals surface area contributed by atoms with E-state index >= 15 is 0 Å². The summed E-state index contributed by atoms with van der Waals surface area (Å²) in [5, 5.41) is 5.62. The van der Waals surface area contributed by atoms with Gasteiger partial charge < -0.3 is 0 Å². The molecule has 0 aromatic carbocycles. The fourth-order valence-corrected chi connectivity index (χ4v) is 0.248. The molecule has 0 amide bonds. The Labute approximate surface area is 50.3 Å². The second-order valence-corrected chi connectivity index (χ2v) is 1.71. The first-order valence-corrected chi connectivity index (χ1v) is 2.72. The lowest BCUT2D eigenvalue weighted by Crippen LogP contribution is -2.24. The van der Waals surface area contributed by atoms with Gasteiger partial charge in [-0.1, -0.05) is 6.92 Å². The van der Waals surface area contributed by atoms with E-state index in [1.807, 2.05) is 27.2 Å². The maximum atomic E-state index is 3.84. The Morgan fingerprint density at radius 1 is 1.62 bits per heavy atom. The van der Waals surface area contributed by atoms with E-state index in [9.17, 15) is 0 Å². The Kier molecular flexibility index (Phi) is 4.26. The topological polar surface area (TPSA) is 27.6 Å². The van der Waals surface area contributed by atoms with Crippen molar-refractivity contribution >= 4 is 6.21 Å². The van der Waals surface area contributed by atoms with Gasteiger partial charge in [0.05, 0.1) is 0 Å². The Morgan fingerprint density at radius 3 is 2.62 bits per heavy atom. The minimum Gasteiger partial charge on any atom is -0.241 e. The van der Waals surface area contributed by atoms with Crippen LogP contribution in [0, 0.1) is 0 Å². The molecule has 0 aliphatic rings. The van der Waals surface area contributed by atoms with Crippen LogP contribution in [0.5, 0.6) is 0 Å². The molecule has 0 aromatic heterocycles. The van der Waals surface area contributed by atoms with Gasteiger partial charge in [-0.25, -0.2) is 10.5 Å². The summed E-state index contributed by atoms with van der Waals surface area (Å²) >= 11 is 0. The van der Waals surface area contributed by atoms with Crippen molar-refractivity contribution in [3.63, 3.8) is 0 Å². The first kappa shape index (κ1) is 7.43. The van der Waals surface area contributed by atoms with E-state index in [0.717, 1.165) is 6.42 Å². The fourth-order valence-electron chi connectivity index (χ4n) is 0.248. The highest BCUT2D eigenvalue weighted by Crippen LogP contribution is 1.66. The molecule has 0 aliphatic heterocycles. The van der Waals surface area contributed by atoms with Gasteiger partial charge in [-0.15, -0.1) is 0 Å². The number of rotatable bonds is 3. The van der Waals surface area contributed by atoms with E-state index in [4.69, 9.17) is 0 Å².